The number of anilines is 2. The molecule has 4 aromatic rings. The third-order valence-corrected chi connectivity index (χ3v) is 6.33. The lowest BCUT2D eigenvalue weighted by Crippen LogP contribution is -2.37. The Hall–Kier alpha value is -4.04. The van der Waals surface area contributed by atoms with Crippen LogP contribution >= 0.6 is 0 Å². The van der Waals surface area contributed by atoms with E-state index in [4.69, 9.17) is 4.74 Å². The second-order valence-electron chi connectivity index (χ2n) is 8.63. The molecule has 1 aliphatic heterocycles. The molecule has 0 saturated carbocycles. The Balaban J connectivity index is 1.33. The number of fused-ring (bicyclic) bond motifs is 1. The van der Waals surface area contributed by atoms with Gasteiger partial charge in [-0.2, -0.15) is 9.61 Å². The molecular formula is C27H27N5O3. The largest absolute Gasteiger partial charge is 0.378 e. The summed E-state index contributed by atoms with van der Waals surface area (Å²) in [5.74, 6) is 0.794. The van der Waals surface area contributed by atoms with Crippen molar-refractivity contribution < 1.29 is 14.3 Å². The number of aryl methyl sites for hydroxylation is 1. The highest BCUT2D eigenvalue weighted by Crippen LogP contribution is 2.21. The first-order chi connectivity index (χ1) is 17.0. The molecule has 0 aliphatic carbocycles. The second kappa shape index (κ2) is 9.68. The van der Waals surface area contributed by atoms with Gasteiger partial charge in [0.2, 0.25) is 0 Å². The number of amides is 1. The SMILES string of the molecule is Cc1ccccc1C(=O)N(C)c1ccc(C(=O)Cc2cc(N3CCOCC3)n3nccc3n2)cc1. The van der Waals surface area contributed by atoms with Crippen LogP contribution in [0.25, 0.3) is 5.65 Å². The van der Waals surface area contributed by atoms with Crippen LogP contribution in [-0.2, 0) is 11.2 Å². The number of carbonyl (C=O) groups excluding carboxylic acids is 2. The maximum absolute atomic E-state index is 13.1. The van der Waals surface area contributed by atoms with E-state index in [1.165, 1.54) is 0 Å². The minimum Gasteiger partial charge on any atom is -0.378 e. The van der Waals surface area contributed by atoms with E-state index in [0.717, 1.165) is 30.2 Å². The monoisotopic (exact) mass is 469 g/mol. The predicted octanol–water partition coefficient (Wildman–Crippen LogP) is 3.58. The number of Topliss-reactive ketones (excluding diaryl/α,β-unsaturated/α-hetero) is 1. The number of carbonyl (C=O) groups is 2. The fourth-order valence-corrected chi connectivity index (χ4v) is 4.30. The van der Waals surface area contributed by atoms with Crippen LogP contribution in [0, 0.1) is 6.92 Å². The van der Waals surface area contributed by atoms with E-state index in [1.54, 1.807) is 46.9 Å². The Morgan fingerprint density at radius 2 is 1.77 bits per heavy atom. The van der Waals surface area contributed by atoms with E-state index in [-0.39, 0.29) is 18.1 Å². The number of benzene rings is 2. The van der Waals surface area contributed by atoms with Crippen LogP contribution in [0.2, 0.25) is 0 Å². The van der Waals surface area contributed by atoms with Crippen molar-refractivity contribution in [1.82, 2.24) is 14.6 Å². The second-order valence-corrected chi connectivity index (χ2v) is 8.63. The standard InChI is InChI=1S/C27H27N5O3/c1-19-5-3-4-6-23(19)27(34)30(2)22-9-7-20(8-10-22)24(33)17-21-18-26(31-13-15-35-16-14-31)32-25(29-21)11-12-28-32/h3-12,18H,13-17H2,1-2H3. The van der Waals surface area contributed by atoms with Crippen molar-refractivity contribution in [2.75, 3.05) is 43.2 Å². The third-order valence-electron chi connectivity index (χ3n) is 6.33. The van der Waals surface area contributed by atoms with Gasteiger partial charge in [0.25, 0.3) is 5.91 Å². The van der Waals surface area contributed by atoms with Crippen molar-refractivity contribution in [2.45, 2.75) is 13.3 Å². The average molecular weight is 470 g/mol. The Bertz CT molecular complexity index is 1370. The zero-order valence-electron chi connectivity index (χ0n) is 19.8. The topological polar surface area (TPSA) is 80.0 Å². The molecule has 2 aromatic heterocycles. The number of aromatic nitrogens is 3. The Morgan fingerprint density at radius 3 is 2.51 bits per heavy atom. The molecule has 35 heavy (non-hydrogen) atoms. The molecule has 8 heteroatoms. The molecule has 3 heterocycles. The van der Waals surface area contributed by atoms with Gasteiger partial charge in [0.15, 0.2) is 11.4 Å². The van der Waals surface area contributed by atoms with Crippen molar-refractivity contribution >= 4 is 28.8 Å². The number of hydrogen-bond donors (Lipinski definition) is 0. The van der Waals surface area contributed by atoms with Gasteiger partial charge in [-0.3, -0.25) is 9.59 Å². The van der Waals surface area contributed by atoms with Crippen molar-refractivity contribution in [2.24, 2.45) is 0 Å². The molecule has 0 spiro atoms. The van der Waals surface area contributed by atoms with E-state index >= 15 is 0 Å². The van der Waals surface area contributed by atoms with Crippen molar-refractivity contribution in [3.63, 3.8) is 0 Å². The summed E-state index contributed by atoms with van der Waals surface area (Å²) in [6.07, 6.45) is 1.89. The van der Waals surface area contributed by atoms with E-state index in [1.807, 2.05) is 43.3 Å². The first kappa shape index (κ1) is 22.7. The van der Waals surface area contributed by atoms with Crippen LogP contribution in [0.15, 0.2) is 66.9 Å². The zero-order chi connectivity index (χ0) is 24.4. The quantitative estimate of drug-likeness (QED) is 0.402. The maximum Gasteiger partial charge on any atom is 0.258 e. The third kappa shape index (κ3) is 4.65. The lowest BCUT2D eigenvalue weighted by Gasteiger charge is -2.29. The van der Waals surface area contributed by atoms with Gasteiger partial charge in [0.05, 0.1) is 31.5 Å². The summed E-state index contributed by atoms with van der Waals surface area (Å²) >= 11 is 0. The minimum absolute atomic E-state index is 0.0336. The van der Waals surface area contributed by atoms with Crippen LogP contribution in [0.4, 0.5) is 11.5 Å². The van der Waals surface area contributed by atoms with Gasteiger partial charge in [-0.05, 0) is 42.8 Å². The van der Waals surface area contributed by atoms with E-state index in [2.05, 4.69) is 15.0 Å². The number of nitrogens with zero attached hydrogens (tertiary/aromatic N) is 5. The summed E-state index contributed by atoms with van der Waals surface area (Å²) in [6, 6.07) is 18.4. The molecule has 1 amide bonds. The van der Waals surface area contributed by atoms with E-state index in [9.17, 15) is 9.59 Å². The Labute approximate surface area is 203 Å². The average Bonchev–Trinajstić information content (AvgIpc) is 3.37. The zero-order valence-corrected chi connectivity index (χ0v) is 19.8. The molecule has 0 atom stereocenters. The minimum atomic E-state index is -0.0869. The highest BCUT2D eigenvalue weighted by atomic mass is 16.5. The summed E-state index contributed by atoms with van der Waals surface area (Å²) in [5, 5.41) is 4.39. The normalized spacial score (nSPS) is 13.7. The van der Waals surface area contributed by atoms with E-state index in [0.29, 0.717) is 35.7 Å². The molecule has 0 bridgehead atoms. The van der Waals surface area contributed by atoms with Crippen LogP contribution < -0.4 is 9.80 Å². The van der Waals surface area contributed by atoms with E-state index < -0.39 is 0 Å². The molecule has 0 N–H and O–H groups in total. The molecule has 1 saturated heterocycles. The molecule has 178 valence electrons. The fraction of sp³-hybridized carbons (Fsp3) is 0.259. The Kier molecular flexibility index (Phi) is 6.29. The fourth-order valence-electron chi connectivity index (χ4n) is 4.30. The highest BCUT2D eigenvalue weighted by Gasteiger charge is 2.19. The molecule has 5 rings (SSSR count). The van der Waals surface area contributed by atoms with Crippen molar-refractivity contribution in [1.29, 1.82) is 0 Å². The lowest BCUT2D eigenvalue weighted by atomic mass is 10.0. The Morgan fingerprint density at radius 1 is 1.03 bits per heavy atom. The summed E-state index contributed by atoms with van der Waals surface area (Å²) < 4.78 is 7.27. The summed E-state index contributed by atoms with van der Waals surface area (Å²) in [6.45, 7) is 4.77. The number of hydrogen-bond acceptors (Lipinski definition) is 6. The predicted molar refractivity (Wildman–Crippen MR) is 134 cm³/mol. The van der Waals surface area contributed by atoms with Crippen molar-refractivity contribution in [3.8, 4) is 0 Å². The highest BCUT2D eigenvalue weighted by molar-refractivity contribution is 6.07. The van der Waals surface area contributed by atoms with Gasteiger partial charge in [0.1, 0.15) is 5.82 Å². The smallest absolute Gasteiger partial charge is 0.258 e. The van der Waals surface area contributed by atoms with Gasteiger partial charge < -0.3 is 14.5 Å². The van der Waals surface area contributed by atoms with Gasteiger partial charge in [-0.25, -0.2) is 4.98 Å². The van der Waals surface area contributed by atoms with Crippen LogP contribution in [0.5, 0.6) is 0 Å². The van der Waals surface area contributed by atoms with Gasteiger partial charge in [-0.1, -0.05) is 18.2 Å². The molecular weight excluding hydrogens is 442 g/mol. The molecule has 1 fully saturated rings. The van der Waals surface area contributed by atoms with Crippen molar-refractivity contribution in [3.05, 3.63) is 89.2 Å². The number of morpholine rings is 1. The first-order valence-electron chi connectivity index (χ1n) is 11.6. The number of rotatable bonds is 6. The van der Waals surface area contributed by atoms with Crippen LogP contribution in [0.3, 0.4) is 0 Å². The van der Waals surface area contributed by atoms with Gasteiger partial charge in [0, 0.05) is 49.1 Å². The summed E-state index contributed by atoms with van der Waals surface area (Å²) in [4.78, 5) is 34.4. The first-order valence-corrected chi connectivity index (χ1v) is 11.6. The summed E-state index contributed by atoms with van der Waals surface area (Å²) in [7, 11) is 1.74. The van der Waals surface area contributed by atoms with Crippen LogP contribution in [-0.4, -0.2) is 59.6 Å². The van der Waals surface area contributed by atoms with Gasteiger partial charge >= 0.3 is 0 Å². The molecule has 2 aromatic carbocycles. The lowest BCUT2D eigenvalue weighted by molar-refractivity contribution is 0.0985. The number of ether oxygens (including phenoxy) is 1. The molecule has 0 unspecified atom stereocenters. The number of ketones is 1. The maximum atomic E-state index is 13.1. The molecule has 1 aliphatic rings. The van der Waals surface area contributed by atoms with Gasteiger partial charge in [-0.15, -0.1) is 0 Å². The molecule has 8 nitrogen and oxygen atoms in total. The van der Waals surface area contributed by atoms with Crippen LogP contribution in [0.1, 0.15) is 32.0 Å². The molecule has 0 radical (unpaired) electrons. The summed E-state index contributed by atoms with van der Waals surface area (Å²) in [5.41, 5.74) is 4.29.